The van der Waals surface area contributed by atoms with Crippen LogP contribution in [0.5, 0.6) is 0 Å². The molecule has 0 atom stereocenters. The molecule has 66 valence electrons. The quantitative estimate of drug-likeness (QED) is 0.629. The van der Waals surface area contributed by atoms with Crippen LogP contribution in [0.1, 0.15) is 0 Å². The number of nitrogens with zero attached hydrogens (tertiary/aromatic N) is 4. The van der Waals surface area contributed by atoms with Crippen molar-refractivity contribution in [2.45, 2.75) is 6.54 Å². The first-order chi connectivity index (χ1) is 5.61. The molecule has 0 saturated carbocycles. The fourth-order valence-corrected chi connectivity index (χ4v) is 0.742. The Morgan fingerprint density at radius 2 is 2.42 bits per heavy atom. The summed E-state index contributed by atoms with van der Waals surface area (Å²) in [7, 11) is 3.35. The van der Waals surface area contributed by atoms with E-state index in [1.807, 2.05) is 0 Å². The lowest BCUT2D eigenvalue weighted by Crippen LogP contribution is -2.26. The number of H-pyrrole nitrogens is 1. The third-order valence-electron chi connectivity index (χ3n) is 1.32. The van der Waals surface area contributed by atoms with Crippen molar-refractivity contribution in [2.24, 2.45) is 0 Å². The Labute approximate surface area is 74.2 Å². The number of amides is 1. The molecule has 0 aliphatic carbocycles. The van der Waals surface area contributed by atoms with E-state index in [1.165, 1.54) is 9.58 Å². The number of aromatic nitrogens is 4. The third-order valence-corrected chi connectivity index (χ3v) is 1.63. The summed E-state index contributed by atoms with van der Waals surface area (Å²) in [5.74, 6) is -0.0582. The maximum atomic E-state index is 11.1. The van der Waals surface area contributed by atoms with Gasteiger partial charge in [0.15, 0.2) is 0 Å². The topological polar surface area (TPSA) is 66.8 Å². The number of hydrogen-bond acceptors (Lipinski definition) is 4. The summed E-state index contributed by atoms with van der Waals surface area (Å²) >= 11 is 4.78. The molecule has 12 heavy (non-hydrogen) atoms. The van der Waals surface area contributed by atoms with Crippen molar-refractivity contribution in [1.29, 1.82) is 0 Å². The van der Waals surface area contributed by atoms with Gasteiger partial charge in [-0.25, -0.2) is 4.68 Å². The van der Waals surface area contributed by atoms with Crippen molar-refractivity contribution >= 4 is 18.1 Å². The number of aromatic amines is 1. The Kier molecular flexibility index (Phi) is 2.54. The van der Waals surface area contributed by atoms with Gasteiger partial charge >= 0.3 is 0 Å². The molecule has 7 heteroatoms. The van der Waals surface area contributed by atoms with Crippen LogP contribution in [0.25, 0.3) is 0 Å². The van der Waals surface area contributed by atoms with Crippen molar-refractivity contribution in [1.82, 2.24) is 25.1 Å². The van der Waals surface area contributed by atoms with Crippen LogP contribution in [0, 0.1) is 4.77 Å². The van der Waals surface area contributed by atoms with E-state index < -0.39 is 0 Å². The lowest BCUT2D eigenvalue weighted by Gasteiger charge is -2.08. The van der Waals surface area contributed by atoms with Crippen LogP contribution in [0.3, 0.4) is 0 Å². The lowest BCUT2D eigenvalue weighted by molar-refractivity contribution is -0.129. The summed E-state index contributed by atoms with van der Waals surface area (Å²) in [4.78, 5) is 12.6. The first kappa shape index (κ1) is 8.85. The molecule has 1 rings (SSSR count). The molecule has 1 aromatic heterocycles. The van der Waals surface area contributed by atoms with E-state index in [1.54, 1.807) is 14.1 Å². The Morgan fingerprint density at radius 1 is 1.75 bits per heavy atom. The average Bonchev–Trinajstić information content (AvgIpc) is 2.36. The van der Waals surface area contributed by atoms with Crippen molar-refractivity contribution in [3.8, 4) is 0 Å². The minimum Gasteiger partial charge on any atom is -0.347 e. The summed E-state index contributed by atoms with van der Waals surface area (Å²) in [5, 5.41) is 9.47. The highest BCUT2D eigenvalue weighted by molar-refractivity contribution is 7.71. The smallest absolute Gasteiger partial charge is 0.243 e. The molecule has 1 aromatic rings. The molecule has 0 saturated heterocycles. The molecule has 6 nitrogen and oxygen atoms in total. The van der Waals surface area contributed by atoms with E-state index >= 15 is 0 Å². The van der Waals surface area contributed by atoms with E-state index in [2.05, 4.69) is 15.5 Å². The first-order valence-corrected chi connectivity index (χ1v) is 3.70. The zero-order chi connectivity index (χ0) is 9.14. The highest BCUT2D eigenvalue weighted by atomic mass is 32.1. The molecule has 0 aliphatic heterocycles. The lowest BCUT2D eigenvalue weighted by atomic mass is 10.5. The highest BCUT2D eigenvalue weighted by Gasteiger charge is 2.05. The summed E-state index contributed by atoms with van der Waals surface area (Å²) in [6, 6.07) is 0. The molecule has 0 fully saturated rings. The maximum Gasteiger partial charge on any atom is 0.243 e. The summed E-state index contributed by atoms with van der Waals surface area (Å²) in [6.45, 7) is 0.152. The second-order valence-corrected chi connectivity index (χ2v) is 2.82. The van der Waals surface area contributed by atoms with Gasteiger partial charge < -0.3 is 4.90 Å². The summed E-state index contributed by atoms with van der Waals surface area (Å²) < 4.78 is 1.68. The standard InChI is InChI=1S/C5H9N5OS/c1-9(2)4(11)3-10-5(12)6-7-8-10/h3H2,1-2H3,(H,6,8,12). The molecule has 0 radical (unpaired) electrons. The molecule has 0 unspecified atom stereocenters. The normalized spacial score (nSPS) is 9.83. The van der Waals surface area contributed by atoms with Gasteiger partial charge in [-0.2, -0.15) is 5.21 Å². The molecule has 1 heterocycles. The van der Waals surface area contributed by atoms with Crippen molar-refractivity contribution in [3.63, 3.8) is 0 Å². The van der Waals surface area contributed by atoms with Gasteiger partial charge in [0.1, 0.15) is 6.54 Å². The predicted molar refractivity (Wildman–Crippen MR) is 43.9 cm³/mol. The van der Waals surface area contributed by atoms with Gasteiger partial charge in [0.05, 0.1) is 0 Å². The zero-order valence-corrected chi connectivity index (χ0v) is 7.63. The van der Waals surface area contributed by atoms with Gasteiger partial charge in [-0.05, 0) is 12.2 Å². The van der Waals surface area contributed by atoms with Gasteiger partial charge in [0, 0.05) is 14.1 Å². The van der Waals surface area contributed by atoms with Crippen LogP contribution in [-0.4, -0.2) is 45.1 Å². The number of rotatable bonds is 2. The molecule has 0 aliphatic rings. The Balaban J connectivity index is 2.71. The number of nitrogens with one attached hydrogen (secondary N) is 1. The molecule has 0 spiro atoms. The zero-order valence-electron chi connectivity index (χ0n) is 6.81. The average molecular weight is 187 g/mol. The number of tetrazole rings is 1. The molecule has 0 aromatic carbocycles. The van der Waals surface area contributed by atoms with Gasteiger partial charge in [0.25, 0.3) is 0 Å². The molecule has 1 N–H and O–H groups in total. The highest BCUT2D eigenvalue weighted by Crippen LogP contribution is 1.86. The van der Waals surface area contributed by atoms with Crippen LogP contribution in [-0.2, 0) is 11.3 Å². The second-order valence-electron chi connectivity index (χ2n) is 2.46. The van der Waals surface area contributed by atoms with Gasteiger partial charge in [-0.1, -0.05) is 10.3 Å². The fraction of sp³-hybridized carbons (Fsp3) is 0.600. The van der Waals surface area contributed by atoms with Gasteiger partial charge in [-0.3, -0.25) is 4.79 Å². The summed E-state index contributed by atoms with van der Waals surface area (Å²) in [6.07, 6.45) is 0. The van der Waals surface area contributed by atoms with E-state index in [4.69, 9.17) is 12.2 Å². The predicted octanol–water partition coefficient (Wildman–Crippen LogP) is -0.576. The number of hydrogen-bond donors (Lipinski definition) is 1. The van der Waals surface area contributed by atoms with Crippen molar-refractivity contribution in [2.75, 3.05) is 14.1 Å². The largest absolute Gasteiger partial charge is 0.347 e. The maximum absolute atomic E-state index is 11.1. The van der Waals surface area contributed by atoms with Crippen molar-refractivity contribution < 1.29 is 4.79 Å². The van der Waals surface area contributed by atoms with E-state index in [0.717, 1.165) is 0 Å². The minimum absolute atomic E-state index is 0.0582. The molecule has 1 amide bonds. The van der Waals surface area contributed by atoms with Crippen LogP contribution in [0.15, 0.2) is 0 Å². The van der Waals surface area contributed by atoms with Crippen LogP contribution >= 0.6 is 12.2 Å². The van der Waals surface area contributed by atoms with Crippen LogP contribution in [0.4, 0.5) is 0 Å². The van der Waals surface area contributed by atoms with Gasteiger partial charge in [0.2, 0.25) is 10.7 Å². The number of carbonyl (C=O) groups is 1. The Hall–Kier alpha value is -1.24. The van der Waals surface area contributed by atoms with Crippen molar-refractivity contribution in [3.05, 3.63) is 4.77 Å². The second kappa shape index (κ2) is 3.44. The minimum atomic E-state index is -0.0582. The fourth-order valence-electron chi connectivity index (χ4n) is 0.596. The Morgan fingerprint density at radius 3 is 2.83 bits per heavy atom. The number of likely N-dealkylation sites (N-methyl/N-ethyl adjacent to an activating group) is 1. The summed E-state index contributed by atoms with van der Waals surface area (Å²) in [5.41, 5.74) is 0. The van der Waals surface area contributed by atoms with E-state index in [9.17, 15) is 4.79 Å². The third kappa shape index (κ3) is 1.88. The van der Waals surface area contributed by atoms with E-state index in [0.29, 0.717) is 0 Å². The Bertz CT molecular complexity index is 327. The molecular weight excluding hydrogens is 178 g/mol. The van der Waals surface area contributed by atoms with Crippen LogP contribution < -0.4 is 0 Å². The molecular formula is C5H9N5OS. The number of carbonyl (C=O) groups excluding carboxylic acids is 1. The monoisotopic (exact) mass is 187 g/mol. The van der Waals surface area contributed by atoms with Crippen LogP contribution in [0.2, 0.25) is 0 Å². The molecule has 0 bridgehead atoms. The van der Waals surface area contributed by atoms with Gasteiger partial charge in [-0.15, -0.1) is 0 Å². The first-order valence-electron chi connectivity index (χ1n) is 3.29. The van der Waals surface area contributed by atoms with E-state index in [-0.39, 0.29) is 17.2 Å². The SMILES string of the molecule is CN(C)C(=O)Cn1[nH]nnc1=S.